The minimum absolute atomic E-state index is 0.0821. The van der Waals surface area contributed by atoms with Gasteiger partial charge in [0.15, 0.2) is 0 Å². The number of carbonyl (C=O) groups excluding carboxylic acids is 1. The largest absolute Gasteiger partial charge is 0.472 e. The van der Waals surface area contributed by atoms with E-state index < -0.39 is 0 Å². The number of carbonyl (C=O) groups is 1. The van der Waals surface area contributed by atoms with Gasteiger partial charge < -0.3 is 15.5 Å². The van der Waals surface area contributed by atoms with E-state index in [-0.39, 0.29) is 11.3 Å². The molecule has 0 saturated heterocycles. The van der Waals surface area contributed by atoms with Crippen LogP contribution in [0, 0.1) is 5.41 Å². The summed E-state index contributed by atoms with van der Waals surface area (Å²) in [7, 11) is 0. The maximum absolute atomic E-state index is 11.6. The number of hydrogen-bond acceptors (Lipinski definition) is 3. The van der Waals surface area contributed by atoms with E-state index in [1.807, 2.05) is 0 Å². The minimum atomic E-state index is -0.0884. The molecule has 3 N–H and O–H groups in total. The molecule has 0 saturated carbocycles. The molecule has 0 fully saturated rings. The second kappa shape index (κ2) is 5.70. The maximum atomic E-state index is 11.6. The lowest BCUT2D eigenvalue weighted by Crippen LogP contribution is -2.34. The molecule has 1 heterocycles. The lowest BCUT2D eigenvalue weighted by atomic mass is 9.87. The van der Waals surface area contributed by atoms with Gasteiger partial charge >= 0.3 is 0 Å². The van der Waals surface area contributed by atoms with E-state index in [2.05, 4.69) is 19.2 Å². The predicted octanol–water partition coefficient (Wildman–Crippen LogP) is 1.77. The van der Waals surface area contributed by atoms with Crippen LogP contribution in [0.25, 0.3) is 0 Å². The van der Waals surface area contributed by atoms with Crippen LogP contribution in [0.1, 0.15) is 37.0 Å². The molecule has 1 aromatic heterocycles. The highest BCUT2D eigenvalue weighted by molar-refractivity contribution is 5.93. The van der Waals surface area contributed by atoms with E-state index in [0.29, 0.717) is 18.7 Å². The van der Waals surface area contributed by atoms with Gasteiger partial charge in [0.25, 0.3) is 5.91 Å². The van der Waals surface area contributed by atoms with Gasteiger partial charge in [0, 0.05) is 6.54 Å². The van der Waals surface area contributed by atoms with Crippen LogP contribution in [0.3, 0.4) is 0 Å². The summed E-state index contributed by atoms with van der Waals surface area (Å²) >= 11 is 0. The summed E-state index contributed by atoms with van der Waals surface area (Å²) in [5.41, 5.74) is 6.12. The Balaban J connectivity index is 2.36. The molecule has 90 valence electrons. The third-order valence-corrected chi connectivity index (χ3v) is 2.57. The van der Waals surface area contributed by atoms with E-state index >= 15 is 0 Å². The van der Waals surface area contributed by atoms with Gasteiger partial charge in [-0.1, -0.05) is 13.8 Å². The van der Waals surface area contributed by atoms with Crippen LogP contribution in [0.4, 0.5) is 0 Å². The highest BCUT2D eigenvalue weighted by atomic mass is 16.3. The van der Waals surface area contributed by atoms with E-state index in [0.717, 1.165) is 12.8 Å². The summed E-state index contributed by atoms with van der Waals surface area (Å²) in [6.45, 7) is 5.59. The third-order valence-electron chi connectivity index (χ3n) is 2.57. The first-order chi connectivity index (χ1) is 7.55. The van der Waals surface area contributed by atoms with Gasteiger partial charge in [-0.05, 0) is 30.9 Å². The summed E-state index contributed by atoms with van der Waals surface area (Å²) in [6, 6.07) is 1.65. The molecule has 0 aliphatic heterocycles. The quantitative estimate of drug-likeness (QED) is 0.773. The molecule has 0 bridgehead atoms. The number of rotatable bonds is 6. The molecule has 16 heavy (non-hydrogen) atoms. The van der Waals surface area contributed by atoms with Crippen molar-refractivity contribution in [2.75, 3.05) is 13.1 Å². The molecule has 0 radical (unpaired) electrons. The molecule has 1 rings (SSSR count). The Kier molecular flexibility index (Phi) is 4.55. The molecule has 1 aromatic rings. The molecule has 0 spiro atoms. The summed E-state index contributed by atoms with van der Waals surface area (Å²) < 4.78 is 4.86. The van der Waals surface area contributed by atoms with Crippen molar-refractivity contribution in [2.45, 2.75) is 26.7 Å². The van der Waals surface area contributed by atoms with E-state index in [1.54, 1.807) is 6.07 Å². The number of nitrogens with two attached hydrogens (primary N) is 1. The standard InChI is InChI=1S/C12H20N2O2/c1-12(2,5-3-6-13)9-14-11(15)10-4-7-16-8-10/h4,7-8H,3,5-6,9,13H2,1-2H3,(H,14,15). The van der Waals surface area contributed by atoms with Gasteiger partial charge in [-0.2, -0.15) is 0 Å². The second-order valence-corrected chi connectivity index (χ2v) is 4.75. The summed E-state index contributed by atoms with van der Waals surface area (Å²) in [5, 5.41) is 2.89. The summed E-state index contributed by atoms with van der Waals surface area (Å²) in [4.78, 5) is 11.6. The van der Waals surface area contributed by atoms with Crippen LogP contribution in [0.2, 0.25) is 0 Å². The van der Waals surface area contributed by atoms with Gasteiger partial charge in [-0.15, -0.1) is 0 Å². The molecular weight excluding hydrogens is 204 g/mol. The van der Waals surface area contributed by atoms with Crippen molar-refractivity contribution >= 4 is 5.91 Å². The van der Waals surface area contributed by atoms with Crippen molar-refractivity contribution in [2.24, 2.45) is 11.1 Å². The normalized spacial score (nSPS) is 11.4. The molecule has 0 aliphatic carbocycles. The number of amides is 1. The van der Waals surface area contributed by atoms with Crippen molar-refractivity contribution in [3.8, 4) is 0 Å². The van der Waals surface area contributed by atoms with Crippen LogP contribution < -0.4 is 11.1 Å². The smallest absolute Gasteiger partial charge is 0.254 e. The monoisotopic (exact) mass is 224 g/mol. The van der Waals surface area contributed by atoms with Crippen LogP contribution in [0.15, 0.2) is 23.0 Å². The topological polar surface area (TPSA) is 68.3 Å². The summed E-state index contributed by atoms with van der Waals surface area (Å²) in [5.74, 6) is -0.0884. The van der Waals surface area contributed by atoms with Crippen LogP contribution in [0.5, 0.6) is 0 Å². The van der Waals surface area contributed by atoms with E-state index in [1.165, 1.54) is 12.5 Å². The zero-order chi connectivity index (χ0) is 12.0. The van der Waals surface area contributed by atoms with Crippen molar-refractivity contribution in [3.05, 3.63) is 24.2 Å². The molecule has 0 aromatic carbocycles. The van der Waals surface area contributed by atoms with Crippen LogP contribution in [-0.4, -0.2) is 19.0 Å². The lowest BCUT2D eigenvalue weighted by Gasteiger charge is -2.24. The van der Waals surface area contributed by atoms with Crippen molar-refractivity contribution in [3.63, 3.8) is 0 Å². The average molecular weight is 224 g/mol. The first-order valence-electron chi connectivity index (χ1n) is 5.56. The highest BCUT2D eigenvalue weighted by Crippen LogP contribution is 2.20. The molecule has 0 atom stereocenters. The van der Waals surface area contributed by atoms with Crippen molar-refractivity contribution in [1.29, 1.82) is 0 Å². The molecule has 0 aliphatic rings. The predicted molar refractivity (Wildman–Crippen MR) is 63.1 cm³/mol. The Morgan fingerprint density at radius 3 is 2.88 bits per heavy atom. The highest BCUT2D eigenvalue weighted by Gasteiger charge is 2.18. The fraction of sp³-hybridized carbons (Fsp3) is 0.583. The van der Waals surface area contributed by atoms with Gasteiger partial charge in [-0.3, -0.25) is 4.79 Å². The van der Waals surface area contributed by atoms with Crippen molar-refractivity contribution in [1.82, 2.24) is 5.32 Å². The maximum Gasteiger partial charge on any atom is 0.254 e. The lowest BCUT2D eigenvalue weighted by molar-refractivity contribution is 0.0933. The van der Waals surface area contributed by atoms with Gasteiger partial charge in [0.1, 0.15) is 6.26 Å². The fourth-order valence-corrected chi connectivity index (χ4v) is 1.48. The van der Waals surface area contributed by atoms with E-state index in [9.17, 15) is 4.79 Å². The Morgan fingerprint density at radius 2 is 2.31 bits per heavy atom. The SMILES string of the molecule is CC(C)(CCCN)CNC(=O)c1ccoc1. The van der Waals surface area contributed by atoms with Crippen molar-refractivity contribution < 1.29 is 9.21 Å². The number of hydrogen-bond donors (Lipinski definition) is 2. The summed E-state index contributed by atoms with van der Waals surface area (Å²) in [6.07, 6.45) is 4.93. The molecular formula is C12H20N2O2. The Morgan fingerprint density at radius 1 is 1.56 bits per heavy atom. The zero-order valence-electron chi connectivity index (χ0n) is 9.95. The average Bonchev–Trinajstić information content (AvgIpc) is 2.77. The number of nitrogens with one attached hydrogen (secondary N) is 1. The third kappa shape index (κ3) is 4.06. The Hall–Kier alpha value is -1.29. The fourth-order valence-electron chi connectivity index (χ4n) is 1.48. The molecule has 0 unspecified atom stereocenters. The van der Waals surface area contributed by atoms with Gasteiger partial charge in [-0.25, -0.2) is 0 Å². The second-order valence-electron chi connectivity index (χ2n) is 4.75. The minimum Gasteiger partial charge on any atom is -0.472 e. The first kappa shape index (κ1) is 12.8. The zero-order valence-corrected chi connectivity index (χ0v) is 9.95. The Bertz CT molecular complexity index is 318. The molecule has 1 amide bonds. The molecule has 4 heteroatoms. The number of furan rings is 1. The van der Waals surface area contributed by atoms with Gasteiger partial charge in [0.05, 0.1) is 11.8 Å². The molecule has 4 nitrogen and oxygen atoms in total. The van der Waals surface area contributed by atoms with Gasteiger partial charge in [0.2, 0.25) is 0 Å². The van der Waals surface area contributed by atoms with Crippen LogP contribution >= 0.6 is 0 Å². The Labute approximate surface area is 96.2 Å². The first-order valence-corrected chi connectivity index (χ1v) is 5.56. The van der Waals surface area contributed by atoms with E-state index in [4.69, 9.17) is 10.2 Å². The van der Waals surface area contributed by atoms with Crippen LogP contribution in [-0.2, 0) is 0 Å².